The summed E-state index contributed by atoms with van der Waals surface area (Å²) in [5.74, 6) is -0.164. The Morgan fingerprint density at radius 1 is 1.27 bits per heavy atom. The molecule has 0 fully saturated rings. The van der Waals surface area contributed by atoms with E-state index < -0.39 is 0 Å². The number of ether oxygens (including phenoxy) is 1. The third-order valence-electron chi connectivity index (χ3n) is 3.54. The van der Waals surface area contributed by atoms with Gasteiger partial charge in [-0.05, 0) is 37.3 Å². The zero-order chi connectivity index (χ0) is 16.4. The Labute approximate surface area is 138 Å². The molecule has 1 amide bonds. The van der Waals surface area contributed by atoms with Crippen LogP contribution in [0.25, 0.3) is 0 Å². The lowest BCUT2D eigenvalue weighted by Gasteiger charge is -2.26. The molecule has 0 heterocycles. The van der Waals surface area contributed by atoms with Crippen molar-refractivity contribution in [3.8, 4) is 0 Å². The number of amides is 1. The molecule has 1 rings (SSSR count). The molecule has 122 valence electrons. The Kier molecular flexibility index (Phi) is 8.86. The number of para-hydroxylation sites is 1. The molecular weight excluding hydrogens is 298 g/mol. The van der Waals surface area contributed by atoms with E-state index in [1.165, 1.54) is 0 Å². The number of benzene rings is 1. The first kappa shape index (κ1) is 18.7. The number of alkyl halides is 1. The predicted octanol–water partition coefficient (Wildman–Crippen LogP) is 4.32. The topological polar surface area (TPSA) is 29.5 Å². The fraction of sp³-hybridized carbons (Fsp3) is 0.500. The van der Waals surface area contributed by atoms with Crippen LogP contribution in [-0.4, -0.2) is 25.1 Å². The molecule has 4 heteroatoms. The molecule has 0 N–H and O–H groups in total. The van der Waals surface area contributed by atoms with Crippen LogP contribution in [0.4, 0.5) is 5.69 Å². The number of nitrogens with zero attached hydrogens (tertiary/aromatic N) is 1. The van der Waals surface area contributed by atoms with Crippen molar-refractivity contribution in [3.05, 3.63) is 41.5 Å². The van der Waals surface area contributed by atoms with E-state index in [2.05, 4.69) is 26.0 Å². The average molecular weight is 324 g/mol. The third-order valence-corrected chi connectivity index (χ3v) is 3.76. The molecule has 3 nitrogen and oxygen atoms in total. The normalized spacial score (nSPS) is 11.1. The van der Waals surface area contributed by atoms with E-state index in [1.54, 1.807) is 4.90 Å². The van der Waals surface area contributed by atoms with E-state index in [0.717, 1.165) is 36.1 Å². The van der Waals surface area contributed by atoms with Gasteiger partial charge in [-0.25, -0.2) is 0 Å². The molecule has 0 aromatic heterocycles. The van der Waals surface area contributed by atoms with Crippen LogP contribution >= 0.6 is 11.6 Å². The fourth-order valence-electron chi connectivity index (χ4n) is 2.37. The zero-order valence-electron chi connectivity index (χ0n) is 13.8. The van der Waals surface area contributed by atoms with Crippen LogP contribution in [-0.2, 0) is 22.4 Å². The SMILES string of the molecule is CC=CCCOCN(C(=O)CCl)c1c(CC)cccc1CC. The van der Waals surface area contributed by atoms with E-state index in [4.69, 9.17) is 16.3 Å². The van der Waals surface area contributed by atoms with Crippen molar-refractivity contribution in [1.29, 1.82) is 0 Å². The van der Waals surface area contributed by atoms with Crippen molar-refractivity contribution < 1.29 is 9.53 Å². The summed E-state index contributed by atoms with van der Waals surface area (Å²) in [5.41, 5.74) is 3.26. The average Bonchev–Trinajstić information content (AvgIpc) is 2.57. The second-order valence-electron chi connectivity index (χ2n) is 4.98. The van der Waals surface area contributed by atoms with Gasteiger partial charge in [-0.3, -0.25) is 9.69 Å². The number of halogens is 1. The van der Waals surface area contributed by atoms with Gasteiger partial charge < -0.3 is 4.74 Å². The highest BCUT2D eigenvalue weighted by Gasteiger charge is 2.20. The van der Waals surface area contributed by atoms with Crippen LogP contribution in [0.15, 0.2) is 30.4 Å². The molecule has 0 atom stereocenters. The van der Waals surface area contributed by atoms with Crippen molar-refractivity contribution in [2.75, 3.05) is 24.1 Å². The number of anilines is 1. The van der Waals surface area contributed by atoms with Gasteiger partial charge in [-0.15, -0.1) is 11.6 Å². The van der Waals surface area contributed by atoms with E-state index >= 15 is 0 Å². The Morgan fingerprint density at radius 2 is 1.91 bits per heavy atom. The summed E-state index contributed by atoms with van der Waals surface area (Å²) < 4.78 is 5.67. The van der Waals surface area contributed by atoms with Crippen molar-refractivity contribution >= 4 is 23.2 Å². The number of aryl methyl sites for hydroxylation is 2. The molecule has 22 heavy (non-hydrogen) atoms. The van der Waals surface area contributed by atoms with Crippen molar-refractivity contribution in [2.24, 2.45) is 0 Å². The molecule has 0 saturated heterocycles. The van der Waals surface area contributed by atoms with Crippen LogP contribution in [0.1, 0.15) is 38.3 Å². The minimum absolute atomic E-state index is 0.0422. The van der Waals surface area contributed by atoms with Gasteiger partial charge in [0.05, 0.1) is 12.3 Å². The van der Waals surface area contributed by atoms with Crippen LogP contribution < -0.4 is 4.90 Å². The first-order chi connectivity index (χ1) is 10.7. The Balaban J connectivity index is 2.99. The summed E-state index contributed by atoms with van der Waals surface area (Å²) >= 11 is 5.79. The lowest BCUT2D eigenvalue weighted by atomic mass is 10.0. The predicted molar refractivity (Wildman–Crippen MR) is 93.7 cm³/mol. The number of carbonyl (C=O) groups is 1. The van der Waals surface area contributed by atoms with E-state index in [9.17, 15) is 4.79 Å². The zero-order valence-corrected chi connectivity index (χ0v) is 14.5. The van der Waals surface area contributed by atoms with Crippen LogP contribution in [0, 0.1) is 0 Å². The molecular formula is C18H26ClNO2. The second-order valence-corrected chi connectivity index (χ2v) is 5.25. The Morgan fingerprint density at radius 3 is 2.41 bits per heavy atom. The smallest absolute Gasteiger partial charge is 0.243 e. The third kappa shape index (κ3) is 5.15. The van der Waals surface area contributed by atoms with E-state index in [1.807, 2.05) is 25.1 Å². The maximum absolute atomic E-state index is 12.3. The lowest BCUT2D eigenvalue weighted by Crippen LogP contribution is -2.35. The van der Waals surface area contributed by atoms with Crippen molar-refractivity contribution in [3.63, 3.8) is 0 Å². The van der Waals surface area contributed by atoms with Crippen LogP contribution in [0.3, 0.4) is 0 Å². The van der Waals surface area contributed by atoms with Gasteiger partial charge >= 0.3 is 0 Å². The van der Waals surface area contributed by atoms with Crippen molar-refractivity contribution in [2.45, 2.75) is 40.0 Å². The van der Waals surface area contributed by atoms with Gasteiger partial charge in [0.15, 0.2) is 0 Å². The van der Waals surface area contributed by atoms with Gasteiger partial charge in [-0.2, -0.15) is 0 Å². The number of carbonyl (C=O) groups excluding carboxylic acids is 1. The first-order valence-corrected chi connectivity index (χ1v) is 8.38. The number of allylic oxidation sites excluding steroid dienone is 1. The highest BCUT2D eigenvalue weighted by molar-refractivity contribution is 6.29. The quantitative estimate of drug-likeness (QED) is 0.293. The van der Waals surface area contributed by atoms with E-state index in [-0.39, 0.29) is 18.5 Å². The lowest BCUT2D eigenvalue weighted by molar-refractivity contribution is -0.117. The molecule has 0 saturated carbocycles. The molecule has 1 aromatic carbocycles. The molecule has 0 aliphatic heterocycles. The minimum atomic E-state index is -0.122. The first-order valence-electron chi connectivity index (χ1n) is 7.85. The molecule has 0 radical (unpaired) electrons. The highest BCUT2D eigenvalue weighted by atomic mass is 35.5. The number of hydrogen-bond donors (Lipinski definition) is 0. The summed E-state index contributed by atoms with van der Waals surface area (Å²) in [6.45, 7) is 7.00. The maximum atomic E-state index is 12.3. The van der Waals surface area contributed by atoms with Gasteiger partial charge in [0.2, 0.25) is 5.91 Å². The fourth-order valence-corrected chi connectivity index (χ4v) is 2.51. The van der Waals surface area contributed by atoms with Crippen LogP contribution in [0.2, 0.25) is 0 Å². The van der Waals surface area contributed by atoms with E-state index in [0.29, 0.717) is 6.61 Å². The molecule has 0 aliphatic carbocycles. The molecule has 0 unspecified atom stereocenters. The van der Waals surface area contributed by atoms with Crippen molar-refractivity contribution in [1.82, 2.24) is 0 Å². The Hall–Kier alpha value is -1.32. The van der Waals surface area contributed by atoms with Gasteiger partial charge in [0, 0.05) is 0 Å². The standard InChI is InChI=1S/C18H26ClNO2/c1-4-7-8-12-22-14-20(17(21)13-19)18-15(5-2)10-9-11-16(18)6-3/h4,7,9-11H,5-6,8,12-14H2,1-3H3. The summed E-state index contributed by atoms with van der Waals surface area (Å²) in [6.07, 6.45) is 6.62. The molecule has 0 aliphatic rings. The van der Waals surface area contributed by atoms with Crippen LogP contribution in [0.5, 0.6) is 0 Å². The Bertz CT molecular complexity index is 478. The van der Waals surface area contributed by atoms with Gasteiger partial charge in [0.25, 0.3) is 0 Å². The summed E-state index contributed by atoms with van der Waals surface area (Å²) in [7, 11) is 0. The summed E-state index contributed by atoms with van der Waals surface area (Å²) in [6, 6.07) is 6.16. The summed E-state index contributed by atoms with van der Waals surface area (Å²) in [5, 5.41) is 0. The number of rotatable bonds is 9. The minimum Gasteiger partial charge on any atom is -0.360 e. The molecule has 0 spiro atoms. The monoisotopic (exact) mass is 323 g/mol. The molecule has 0 bridgehead atoms. The maximum Gasteiger partial charge on any atom is 0.243 e. The molecule has 1 aromatic rings. The summed E-state index contributed by atoms with van der Waals surface area (Å²) in [4.78, 5) is 13.9. The van der Waals surface area contributed by atoms with Gasteiger partial charge in [-0.1, -0.05) is 44.2 Å². The van der Waals surface area contributed by atoms with Gasteiger partial charge in [0.1, 0.15) is 12.6 Å². The second kappa shape index (κ2) is 10.4. The highest BCUT2D eigenvalue weighted by Crippen LogP contribution is 2.27. The largest absolute Gasteiger partial charge is 0.360 e. The number of hydrogen-bond acceptors (Lipinski definition) is 2.